The Kier molecular flexibility index (Phi) is 5.22. The van der Waals surface area contributed by atoms with Gasteiger partial charge in [0, 0.05) is 11.6 Å². The Morgan fingerprint density at radius 2 is 2.13 bits per heavy atom. The quantitative estimate of drug-likeness (QED) is 0.670. The molecule has 0 aromatic heterocycles. The molecular weight excluding hydrogens is 281 g/mol. The summed E-state index contributed by atoms with van der Waals surface area (Å²) in [6.45, 7) is 3.64. The van der Waals surface area contributed by atoms with Crippen molar-refractivity contribution in [3.8, 4) is 5.75 Å². The maximum atomic E-state index is 5.82. The van der Waals surface area contributed by atoms with E-state index in [1.54, 1.807) is 12.1 Å². The molecule has 5 heteroatoms. The van der Waals surface area contributed by atoms with Crippen LogP contribution in [0.25, 0.3) is 0 Å². The number of hydrogen-bond acceptors (Lipinski definition) is 3. The van der Waals surface area contributed by atoms with Gasteiger partial charge in [-0.25, -0.2) is 0 Å². The predicted molar refractivity (Wildman–Crippen MR) is 65.6 cm³/mol. The SMILES string of the molecule is CCOCCOc1c(N)cc(Cl)cc1Br. The Bertz CT molecular complexity index is 310. The van der Waals surface area contributed by atoms with E-state index in [9.17, 15) is 0 Å². The Labute approximate surface area is 103 Å². The third kappa shape index (κ3) is 3.89. The fourth-order valence-corrected chi connectivity index (χ4v) is 2.03. The van der Waals surface area contributed by atoms with Gasteiger partial charge in [0.15, 0.2) is 5.75 Å². The van der Waals surface area contributed by atoms with Crippen molar-refractivity contribution in [3.63, 3.8) is 0 Å². The summed E-state index contributed by atoms with van der Waals surface area (Å²) in [6, 6.07) is 3.40. The number of halogens is 2. The molecule has 0 aliphatic heterocycles. The van der Waals surface area contributed by atoms with Crippen LogP contribution in [0, 0.1) is 0 Å². The molecule has 1 rings (SSSR count). The van der Waals surface area contributed by atoms with Crippen LogP contribution in [-0.2, 0) is 4.74 Å². The van der Waals surface area contributed by atoms with Crippen molar-refractivity contribution in [2.75, 3.05) is 25.6 Å². The molecule has 0 spiro atoms. The van der Waals surface area contributed by atoms with Gasteiger partial charge in [-0.3, -0.25) is 0 Å². The van der Waals surface area contributed by atoms with Gasteiger partial charge in [0.25, 0.3) is 0 Å². The predicted octanol–water partition coefficient (Wildman–Crippen LogP) is 3.10. The first-order chi connectivity index (χ1) is 7.15. The highest BCUT2D eigenvalue weighted by Gasteiger charge is 2.07. The van der Waals surface area contributed by atoms with Crippen molar-refractivity contribution in [2.24, 2.45) is 0 Å². The summed E-state index contributed by atoms with van der Waals surface area (Å²) < 4.78 is 11.4. The van der Waals surface area contributed by atoms with E-state index in [1.807, 2.05) is 6.92 Å². The molecule has 1 aromatic rings. The maximum absolute atomic E-state index is 5.82. The van der Waals surface area contributed by atoms with Gasteiger partial charge >= 0.3 is 0 Å². The highest BCUT2D eigenvalue weighted by Crippen LogP contribution is 2.34. The fraction of sp³-hybridized carbons (Fsp3) is 0.400. The van der Waals surface area contributed by atoms with Gasteiger partial charge < -0.3 is 15.2 Å². The molecule has 1 aromatic carbocycles. The van der Waals surface area contributed by atoms with Crippen molar-refractivity contribution in [3.05, 3.63) is 21.6 Å². The summed E-state index contributed by atoms with van der Waals surface area (Å²) in [5.74, 6) is 0.610. The molecule has 0 atom stereocenters. The topological polar surface area (TPSA) is 44.5 Å². The van der Waals surface area contributed by atoms with Crippen molar-refractivity contribution < 1.29 is 9.47 Å². The van der Waals surface area contributed by atoms with E-state index in [0.717, 1.165) is 4.47 Å². The summed E-state index contributed by atoms with van der Waals surface area (Å²) in [4.78, 5) is 0. The van der Waals surface area contributed by atoms with E-state index in [1.165, 1.54) is 0 Å². The van der Waals surface area contributed by atoms with Gasteiger partial charge in [0.1, 0.15) is 6.61 Å². The third-order valence-electron chi connectivity index (χ3n) is 1.72. The minimum atomic E-state index is 0.471. The molecule has 0 saturated carbocycles. The van der Waals surface area contributed by atoms with Gasteiger partial charge in [-0.1, -0.05) is 11.6 Å². The smallest absolute Gasteiger partial charge is 0.156 e. The van der Waals surface area contributed by atoms with Crippen LogP contribution in [-0.4, -0.2) is 19.8 Å². The minimum Gasteiger partial charge on any atom is -0.488 e. The lowest BCUT2D eigenvalue weighted by molar-refractivity contribution is 0.110. The molecule has 2 N–H and O–H groups in total. The van der Waals surface area contributed by atoms with Crippen LogP contribution >= 0.6 is 27.5 Å². The second-order valence-electron chi connectivity index (χ2n) is 2.85. The van der Waals surface area contributed by atoms with Gasteiger partial charge in [0.05, 0.1) is 16.8 Å². The summed E-state index contributed by atoms with van der Waals surface area (Å²) in [5.41, 5.74) is 6.28. The van der Waals surface area contributed by atoms with Gasteiger partial charge in [0.2, 0.25) is 0 Å². The molecule has 84 valence electrons. The average Bonchev–Trinajstić information content (AvgIpc) is 2.15. The Morgan fingerprint density at radius 1 is 1.40 bits per heavy atom. The summed E-state index contributed by atoms with van der Waals surface area (Å²) in [5, 5.41) is 0.580. The zero-order valence-electron chi connectivity index (χ0n) is 8.43. The lowest BCUT2D eigenvalue weighted by Crippen LogP contribution is -2.08. The summed E-state index contributed by atoms with van der Waals surface area (Å²) in [7, 11) is 0. The van der Waals surface area contributed by atoms with Crippen LogP contribution in [0.3, 0.4) is 0 Å². The molecule has 0 unspecified atom stereocenters. The molecular formula is C10H13BrClNO2. The average molecular weight is 295 g/mol. The standard InChI is InChI=1S/C10H13BrClNO2/c1-2-14-3-4-15-10-8(11)5-7(12)6-9(10)13/h5-6H,2-4,13H2,1H3. The molecule has 0 bridgehead atoms. The van der Waals surface area contributed by atoms with E-state index in [0.29, 0.717) is 36.3 Å². The van der Waals surface area contributed by atoms with Gasteiger partial charge in [-0.05, 0) is 35.0 Å². The molecule has 0 fully saturated rings. The highest BCUT2D eigenvalue weighted by molar-refractivity contribution is 9.10. The van der Waals surface area contributed by atoms with Crippen LogP contribution in [0.1, 0.15) is 6.92 Å². The first kappa shape index (κ1) is 12.6. The second kappa shape index (κ2) is 6.20. The molecule has 0 aliphatic carbocycles. The largest absolute Gasteiger partial charge is 0.488 e. The lowest BCUT2D eigenvalue weighted by atomic mass is 10.3. The van der Waals surface area contributed by atoms with Crippen molar-refractivity contribution in [1.82, 2.24) is 0 Å². The molecule has 0 saturated heterocycles. The van der Waals surface area contributed by atoms with E-state index in [2.05, 4.69) is 15.9 Å². The Hall–Kier alpha value is -0.450. The van der Waals surface area contributed by atoms with E-state index >= 15 is 0 Å². The zero-order valence-corrected chi connectivity index (χ0v) is 10.8. The van der Waals surface area contributed by atoms with Crippen LogP contribution in [0.15, 0.2) is 16.6 Å². The van der Waals surface area contributed by atoms with Crippen LogP contribution in [0.2, 0.25) is 5.02 Å². The van der Waals surface area contributed by atoms with Gasteiger partial charge in [-0.15, -0.1) is 0 Å². The van der Waals surface area contributed by atoms with Crippen molar-refractivity contribution in [1.29, 1.82) is 0 Å². The number of nitrogen functional groups attached to an aromatic ring is 1. The minimum absolute atomic E-state index is 0.471. The van der Waals surface area contributed by atoms with Crippen LogP contribution in [0.5, 0.6) is 5.75 Å². The van der Waals surface area contributed by atoms with Crippen LogP contribution < -0.4 is 10.5 Å². The van der Waals surface area contributed by atoms with Gasteiger partial charge in [-0.2, -0.15) is 0 Å². The molecule has 0 aliphatic rings. The first-order valence-corrected chi connectivity index (χ1v) is 5.77. The molecule has 0 amide bonds. The Balaban J connectivity index is 2.60. The summed E-state index contributed by atoms with van der Waals surface area (Å²) >= 11 is 9.15. The number of hydrogen-bond donors (Lipinski definition) is 1. The Morgan fingerprint density at radius 3 is 2.73 bits per heavy atom. The number of ether oxygens (including phenoxy) is 2. The normalized spacial score (nSPS) is 10.3. The van der Waals surface area contributed by atoms with E-state index < -0.39 is 0 Å². The number of nitrogens with two attached hydrogens (primary N) is 1. The third-order valence-corrected chi connectivity index (χ3v) is 2.52. The van der Waals surface area contributed by atoms with E-state index in [4.69, 9.17) is 26.8 Å². The highest BCUT2D eigenvalue weighted by atomic mass is 79.9. The first-order valence-electron chi connectivity index (χ1n) is 4.60. The second-order valence-corrected chi connectivity index (χ2v) is 4.14. The molecule has 0 heterocycles. The molecule has 3 nitrogen and oxygen atoms in total. The number of anilines is 1. The fourth-order valence-electron chi connectivity index (χ4n) is 1.08. The molecule has 0 radical (unpaired) electrons. The zero-order chi connectivity index (χ0) is 11.3. The van der Waals surface area contributed by atoms with Crippen LogP contribution in [0.4, 0.5) is 5.69 Å². The maximum Gasteiger partial charge on any atom is 0.156 e. The van der Waals surface area contributed by atoms with Crippen molar-refractivity contribution >= 4 is 33.2 Å². The number of benzene rings is 1. The van der Waals surface area contributed by atoms with E-state index in [-0.39, 0.29) is 0 Å². The lowest BCUT2D eigenvalue weighted by Gasteiger charge is -2.11. The summed E-state index contributed by atoms with van der Waals surface area (Å²) in [6.07, 6.45) is 0. The monoisotopic (exact) mass is 293 g/mol. The number of rotatable bonds is 5. The molecule has 15 heavy (non-hydrogen) atoms. The van der Waals surface area contributed by atoms with Crippen molar-refractivity contribution in [2.45, 2.75) is 6.92 Å².